The maximum absolute atomic E-state index is 11.5. The van der Waals surface area contributed by atoms with Gasteiger partial charge in [-0.1, -0.05) is 0 Å². The Morgan fingerprint density at radius 2 is 1.96 bits per heavy atom. The molecule has 0 saturated carbocycles. The monoisotopic (exact) mass is 352 g/mol. The third-order valence-corrected chi connectivity index (χ3v) is 5.33. The van der Waals surface area contributed by atoms with Crippen LogP contribution in [-0.2, 0) is 10.0 Å². The van der Waals surface area contributed by atoms with Gasteiger partial charge in [0.1, 0.15) is 17.7 Å². The molecule has 0 aliphatic carbocycles. The highest BCUT2D eigenvalue weighted by molar-refractivity contribution is 7.88. The van der Waals surface area contributed by atoms with Crippen LogP contribution < -0.4 is 15.2 Å². The van der Waals surface area contributed by atoms with E-state index in [0.29, 0.717) is 48.4 Å². The molecule has 2 N–H and O–H groups in total. The van der Waals surface area contributed by atoms with Crippen molar-refractivity contribution in [3.8, 4) is 11.8 Å². The number of piperidine rings is 1. The number of sulfonamides is 1. The van der Waals surface area contributed by atoms with Gasteiger partial charge in [-0.05, 0) is 31.0 Å². The lowest BCUT2D eigenvalue weighted by Gasteiger charge is -2.30. The molecule has 1 aliphatic heterocycles. The normalized spacial score (nSPS) is 17.1. The number of fused-ring (bicyclic) bond motifs is 1. The van der Waals surface area contributed by atoms with Crippen LogP contribution in [0.4, 0.5) is 5.82 Å². The van der Waals surface area contributed by atoms with Gasteiger partial charge in [0, 0.05) is 18.5 Å². The lowest BCUT2D eigenvalue weighted by molar-refractivity contribution is 0.135. The molecule has 0 amide bonds. The van der Waals surface area contributed by atoms with E-state index in [9.17, 15) is 8.42 Å². The van der Waals surface area contributed by atoms with Gasteiger partial charge in [-0.15, -0.1) is 0 Å². The van der Waals surface area contributed by atoms with Crippen molar-refractivity contribution >= 4 is 26.7 Å². The van der Waals surface area contributed by atoms with Gasteiger partial charge in [-0.25, -0.2) is 12.7 Å². The molecule has 8 nitrogen and oxygen atoms in total. The second-order valence-corrected chi connectivity index (χ2v) is 7.74. The molecule has 0 radical (unpaired) electrons. The van der Waals surface area contributed by atoms with Crippen LogP contribution >= 0.6 is 0 Å². The molecular formula is C15H20N4O4S. The number of benzene rings is 1. The van der Waals surface area contributed by atoms with E-state index in [1.54, 1.807) is 12.1 Å². The molecule has 1 aliphatic rings. The summed E-state index contributed by atoms with van der Waals surface area (Å²) in [7, 11) is -1.64. The average molecular weight is 352 g/mol. The van der Waals surface area contributed by atoms with Crippen LogP contribution in [0.25, 0.3) is 10.9 Å². The number of nitrogen functional groups attached to an aromatic ring is 1. The van der Waals surface area contributed by atoms with E-state index in [0.717, 1.165) is 0 Å². The zero-order valence-electron chi connectivity index (χ0n) is 13.6. The maximum atomic E-state index is 11.5. The number of nitrogens with zero attached hydrogens (tertiary/aromatic N) is 3. The van der Waals surface area contributed by atoms with Crippen molar-refractivity contribution in [3.63, 3.8) is 0 Å². The summed E-state index contributed by atoms with van der Waals surface area (Å²) >= 11 is 0. The number of nitrogens with two attached hydrogens (primary N) is 1. The molecule has 130 valence electrons. The van der Waals surface area contributed by atoms with E-state index < -0.39 is 10.0 Å². The summed E-state index contributed by atoms with van der Waals surface area (Å²) in [6, 6.07) is 5.64. The minimum Gasteiger partial charge on any atom is -0.490 e. The standard InChI is InChI=1S/C15H20N4O4S/c1-22-15-17-13-4-3-11(9-12(13)14(16)18-15)23-10-5-7-19(8-6-10)24(2,20)21/h3-4,9-10H,5-8H2,1-2H3,(H2,16,17,18). The van der Waals surface area contributed by atoms with E-state index >= 15 is 0 Å². The Labute approximate surface area is 140 Å². The molecule has 0 spiro atoms. The van der Waals surface area contributed by atoms with Crippen molar-refractivity contribution < 1.29 is 17.9 Å². The fourth-order valence-electron chi connectivity index (χ4n) is 2.75. The van der Waals surface area contributed by atoms with Crippen LogP contribution in [0, 0.1) is 0 Å². The van der Waals surface area contributed by atoms with Crippen molar-refractivity contribution in [2.45, 2.75) is 18.9 Å². The van der Waals surface area contributed by atoms with Crippen LogP contribution in [-0.4, -0.2) is 55.3 Å². The second-order valence-electron chi connectivity index (χ2n) is 5.75. The Morgan fingerprint density at radius 1 is 1.25 bits per heavy atom. The predicted octanol–water partition coefficient (Wildman–Crippen LogP) is 1.02. The molecule has 24 heavy (non-hydrogen) atoms. The van der Waals surface area contributed by atoms with Gasteiger partial charge in [-0.3, -0.25) is 0 Å². The summed E-state index contributed by atoms with van der Waals surface area (Å²) in [5, 5.41) is 0.696. The highest BCUT2D eigenvalue weighted by atomic mass is 32.2. The molecule has 9 heteroatoms. The quantitative estimate of drug-likeness (QED) is 0.875. The van der Waals surface area contributed by atoms with Gasteiger partial charge in [-0.2, -0.15) is 9.97 Å². The van der Waals surface area contributed by atoms with Crippen molar-refractivity contribution in [1.82, 2.24) is 14.3 Å². The van der Waals surface area contributed by atoms with E-state index in [1.165, 1.54) is 17.7 Å². The van der Waals surface area contributed by atoms with Crippen molar-refractivity contribution in [2.75, 3.05) is 32.2 Å². The largest absolute Gasteiger partial charge is 0.490 e. The third kappa shape index (κ3) is 3.51. The third-order valence-electron chi connectivity index (χ3n) is 4.03. The first-order chi connectivity index (χ1) is 11.4. The first-order valence-corrected chi connectivity index (χ1v) is 9.44. The van der Waals surface area contributed by atoms with Crippen LogP contribution in [0.15, 0.2) is 18.2 Å². The summed E-state index contributed by atoms with van der Waals surface area (Å²) in [4.78, 5) is 8.30. The highest BCUT2D eigenvalue weighted by Crippen LogP contribution is 2.27. The minimum absolute atomic E-state index is 0.0270. The van der Waals surface area contributed by atoms with Crippen LogP contribution in [0.5, 0.6) is 11.8 Å². The fraction of sp³-hybridized carbons (Fsp3) is 0.467. The van der Waals surface area contributed by atoms with Gasteiger partial charge in [0.2, 0.25) is 10.0 Å². The van der Waals surface area contributed by atoms with E-state index in [-0.39, 0.29) is 12.1 Å². The van der Waals surface area contributed by atoms with Crippen molar-refractivity contribution in [1.29, 1.82) is 0 Å². The Hall–Kier alpha value is -2.13. The van der Waals surface area contributed by atoms with Crippen LogP contribution in [0.1, 0.15) is 12.8 Å². The topological polar surface area (TPSA) is 108 Å². The fourth-order valence-corrected chi connectivity index (χ4v) is 3.62. The predicted molar refractivity (Wildman–Crippen MR) is 90.6 cm³/mol. The maximum Gasteiger partial charge on any atom is 0.318 e. The number of methoxy groups -OCH3 is 1. The first-order valence-electron chi connectivity index (χ1n) is 7.60. The van der Waals surface area contributed by atoms with Gasteiger partial charge in [0.05, 0.1) is 18.9 Å². The molecule has 0 atom stereocenters. The van der Waals surface area contributed by atoms with Gasteiger partial charge < -0.3 is 15.2 Å². The molecule has 2 heterocycles. The Kier molecular flexibility index (Phi) is 4.46. The molecule has 1 saturated heterocycles. The van der Waals surface area contributed by atoms with Gasteiger partial charge >= 0.3 is 6.01 Å². The SMILES string of the molecule is COc1nc(N)c2cc(OC3CCN(S(C)(=O)=O)CC3)ccc2n1. The molecule has 0 unspecified atom stereocenters. The average Bonchev–Trinajstić information content (AvgIpc) is 2.55. The molecule has 1 aromatic heterocycles. The minimum atomic E-state index is -3.13. The summed E-state index contributed by atoms with van der Waals surface area (Å²) < 4.78 is 35.5. The van der Waals surface area contributed by atoms with Gasteiger partial charge in [0.25, 0.3) is 0 Å². The molecule has 3 rings (SSSR count). The number of anilines is 1. The van der Waals surface area contributed by atoms with E-state index in [1.807, 2.05) is 6.07 Å². The molecular weight excluding hydrogens is 332 g/mol. The Morgan fingerprint density at radius 3 is 2.58 bits per heavy atom. The van der Waals surface area contributed by atoms with Gasteiger partial charge in [0.15, 0.2) is 0 Å². The number of hydrogen-bond donors (Lipinski definition) is 1. The van der Waals surface area contributed by atoms with E-state index in [4.69, 9.17) is 15.2 Å². The first kappa shape index (κ1) is 16.7. The molecule has 1 aromatic carbocycles. The zero-order valence-corrected chi connectivity index (χ0v) is 14.4. The van der Waals surface area contributed by atoms with Crippen molar-refractivity contribution in [2.24, 2.45) is 0 Å². The number of rotatable bonds is 4. The number of ether oxygens (including phenoxy) is 2. The van der Waals surface area contributed by atoms with Crippen LogP contribution in [0.3, 0.4) is 0 Å². The lowest BCUT2D eigenvalue weighted by Crippen LogP contribution is -2.41. The summed E-state index contributed by atoms with van der Waals surface area (Å²) in [6.07, 6.45) is 2.51. The summed E-state index contributed by atoms with van der Waals surface area (Å²) in [6.45, 7) is 0.944. The lowest BCUT2D eigenvalue weighted by atomic mass is 10.1. The van der Waals surface area contributed by atoms with Crippen molar-refractivity contribution in [3.05, 3.63) is 18.2 Å². The molecule has 2 aromatic rings. The Bertz CT molecular complexity index is 848. The molecule has 1 fully saturated rings. The Balaban J connectivity index is 1.73. The number of aromatic nitrogens is 2. The smallest absolute Gasteiger partial charge is 0.318 e. The van der Waals surface area contributed by atoms with E-state index in [2.05, 4.69) is 9.97 Å². The summed E-state index contributed by atoms with van der Waals surface area (Å²) in [5.41, 5.74) is 6.62. The zero-order chi connectivity index (χ0) is 17.3. The number of hydrogen-bond acceptors (Lipinski definition) is 7. The van der Waals surface area contributed by atoms with Crippen LogP contribution in [0.2, 0.25) is 0 Å². The molecule has 0 bridgehead atoms. The summed E-state index contributed by atoms with van der Waals surface area (Å²) in [5.74, 6) is 0.995. The highest BCUT2D eigenvalue weighted by Gasteiger charge is 2.26. The second kappa shape index (κ2) is 6.40.